The largest absolute Gasteiger partial charge is 0.344 e. The van der Waals surface area contributed by atoms with E-state index in [1.165, 1.54) is 12.8 Å². The third kappa shape index (κ3) is 9.30. The Morgan fingerprint density at radius 1 is 0.917 bits per heavy atom. The fraction of sp³-hybridized carbons (Fsp3) is 0.833. The highest BCUT2D eigenvalue weighted by molar-refractivity contribution is 8.28. The fourth-order valence-corrected chi connectivity index (χ4v) is 3.26. The van der Waals surface area contributed by atoms with Crippen molar-refractivity contribution in [1.29, 1.82) is 0 Å². The molecule has 0 aromatic rings. The molecular formula is C18H36N2O3S. The summed E-state index contributed by atoms with van der Waals surface area (Å²) < 4.78 is 0. The Hall–Kier alpha value is -1.04. The average Bonchev–Trinajstić information content (AvgIpc) is 2.50. The van der Waals surface area contributed by atoms with Crippen molar-refractivity contribution < 1.29 is 14.4 Å². The minimum Gasteiger partial charge on any atom is -0.344 e. The number of rotatable bonds is 11. The summed E-state index contributed by atoms with van der Waals surface area (Å²) in [7, 11) is -0.737. The van der Waals surface area contributed by atoms with Gasteiger partial charge in [0.15, 0.2) is 5.12 Å². The third-order valence-corrected chi connectivity index (χ3v) is 5.21. The van der Waals surface area contributed by atoms with Gasteiger partial charge in [-0.3, -0.25) is 14.4 Å². The summed E-state index contributed by atoms with van der Waals surface area (Å²) in [5.41, 5.74) is 0. The molecule has 2 amide bonds. The number of hydrogen-bond donors (Lipinski definition) is 3. The van der Waals surface area contributed by atoms with E-state index in [0.29, 0.717) is 6.42 Å². The molecule has 0 aromatic carbocycles. The van der Waals surface area contributed by atoms with Gasteiger partial charge in [0, 0.05) is 6.42 Å². The molecule has 0 heterocycles. The van der Waals surface area contributed by atoms with Crippen LogP contribution in [0.1, 0.15) is 66.2 Å². The van der Waals surface area contributed by atoms with Gasteiger partial charge >= 0.3 is 0 Å². The number of amides is 2. The van der Waals surface area contributed by atoms with Gasteiger partial charge in [-0.1, -0.05) is 46.5 Å². The Labute approximate surface area is 150 Å². The first-order valence-corrected chi connectivity index (χ1v) is 11.2. The number of thiol groups is 1. The van der Waals surface area contributed by atoms with Crippen molar-refractivity contribution in [2.24, 2.45) is 5.92 Å². The maximum Gasteiger partial charge on any atom is 0.243 e. The molecule has 2 N–H and O–H groups in total. The van der Waals surface area contributed by atoms with E-state index in [1.54, 1.807) is 6.92 Å². The van der Waals surface area contributed by atoms with Gasteiger partial charge in [0.25, 0.3) is 0 Å². The van der Waals surface area contributed by atoms with Crippen LogP contribution in [0, 0.1) is 5.92 Å². The molecule has 0 aromatic heterocycles. The molecule has 0 saturated heterocycles. The molecule has 0 aliphatic carbocycles. The van der Waals surface area contributed by atoms with E-state index in [9.17, 15) is 14.4 Å². The van der Waals surface area contributed by atoms with Crippen LogP contribution < -0.4 is 10.6 Å². The van der Waals surface area contributed by atoms with Crippen molar-refractivity contribution in [1.82, 2.24) is 10.6 Å². The molecule has 142 valence electrons. The SMILES string of the molecule is CCCCCCCC(=O)N[C@H](C(=O)N[C@@H](C)C(=O)[SH](C)C)C(C)C. The quantitative estimate of drug-likeness (QED) is 0.392. The highest BCUT2D eigenvalue weighted by Crippen LogP contribution is 2.17. The first-order chi connectivity index (χ1) is 11.2. The molecule has 0 unspecified atom stereocenters. The Kier molecular flexibility index (Phi) is 11.8. The molecule has 0 saturated carbocycles. The lowest BCUT2D eigenvalue weighted by molar-refractivity contribution is -0.131. The second-order valence-corrected chi connectivity index (χ2v) is 9.15. The van der Waals surface area contributed by atoms with Crippen LogP contribution in [0.5, 0.6) is 0 Å². The Morgan fingerprint density at radius 2 is 1.50 bits per heavy atom. The topological polar surface area (TPSA) is 75.3 Å². The van der Waals surface area contributed by atoms with E-state index in [0.717, 1.165) is 19.3 Å². The van der Waals surface area contributed by atoms with Gasteiger partial charge < -0.3 is 10.6 Å². The number of unbranched alkanes of at least 4 members (excludes halogenated alkanes) is 4. The zero-order valence-corrected chi connectivity index (χ0v) is 17.0. The number of nitrogens with one attached hydrogen (secondary N) is 2. The maximum absolute atomic E-state index is 12.4. The summed E-state index contributed by atoms with van der Waals surface area (Å²) in [6.45, 7) is 7.65. The highest BCUT2D eigenvalue weighted by atomic mass is 32.2. The van der Waals surface area contributed by atoms with Crippen LogP contribution in [0.2, 0.25) is 0 Å². The van der Waals surface area contributed by atoms with E-state index in [1.807, 2.05) is 26.4 Å². The van der Waals surface area contributed by atoms with Crippen LogP contribution in [0.4, 0.5) is 0 Å². The third-order valence-electron chi connectivity index (χ3n) is 3.94. The maximum atomic E-state index is 12.4. The predicted octanol–water partition coefficient (Wildman–Crippen LogP) is 2.78. The number of hydrogen-bond acceptors (Lipinski definition) is 3. The summed E-state index contributed by atoms with van der Waals surface area (Å²) in [4.78, 5) is 36.4. The Morgan fingerprint density at radius 3 is 2.00 bits per heavy atom. The number of carbonyl (C=O) groups excluding carboxylic acids is 3. The molecule has 24 heavy (non-hydrogen) atoms. The fourth-order valence-electron chi connectivity index (χ4n) is 2.42. The van der Waals surface area contributed by atoms with Crippen molar-refractivity contribution in [3.63, 3.8) is 0 Å². The van der Waals surface area contributed by atoms with Crippen LogP contribution >= 0.6 is 10.9 Å². The van der Waals surface area contributed by atoms with Gasteiger partial charge in [-0.25, -0.2) is 0 Å². The van der Waals surface area contributed by atoms with Crippen molar-refractivity contribution in [2.45, 2.75) is 78.3 Å². The number of carbonyl (C=O) groups is 3. The molecule has 0 bridgehead atoms. The normalized spacial score (nSPS) is 14.0. The Balaban J connectivity index is 4.44. The van der Waals surface area contributed by atoms with Crippen LogP contribution in [0.25, 0.3) is 0 Å². The highest BCUT2D eigenvalue weighted by Gasteiger charge is 2.27. The van der Waals surface area contributed by atoms with Crippen LogP contribution in [0.15, 0.2) is 0 Å². The van der Waals surface area contributed by atoms with E-state index in [-0.39, 0.29) is 22.8 Å². The molecule has 0 aliphatic rings. The van der Waals surface area contributed by atoms with E-state index < -0.39 is 23.0 Å². The minimum atomic E-state index is -0.737. The zero-order valence-electron chi connectivity index (χ0n) is 16.1. The standard InChI is InChI=1S/C18H36N2O3S/c1-7-8-9-10-11-12-15(21)20-16(13(2)3)17(22)19-14(4)18(23)24(5)6/h13-14,16,24H,7-12H2,1-6H3,(H,19,22)(H,20,21)/t14-,16-/m0/s1. The molecule has 0 aliphatic heterocycles. The van der Waals surface area contributed by atoms with Gasteiger partial charge in [0.2, 0.25) is 11.8 Å². The van der Waals surface area contributed by atoms with Crippen molar-refractivity contribution >= 4 is 27.8 Å². The monoisotopic (exact) mass is 360 g/mol. The van der Waals surface area contributed by atoms with Crippen LogP contribution in [-0.4, -0.2) is 41.5 Å². The molecular weight excluding hydrogens is 324 g/mol. The lowest BCUT2D eigenvalue weighted by Crippen LogP contribution is -2.52. The first kappa shape index (κ1) is 23.0. The molecule has 0 rings (SSSR count). The van der Waals surface area contributed by atoms with Crippen molar-refractivity contribution in [2.75, 3.05) is 12.5 Å². The molecule has 0 radical (unpaired) electrons. The summed E-state index contributed by atoms with van der Waals surface area (Å²) in [6, 6.07) is -1.10. The van der Waals surface area contributed by atoms with E-state index in [2.05, 4.69) is 17.6 Å². The van der Waals surface area contributed by atoms with Gasteiger partial charge in [0.05, 0.1) is 6.04 Å². The summed E-state index contributed by atoms with van der Waals surface area (Å²) in [6.07, 6.45) is 9.61. The predicted molar refractivity (Wildman–Crippen MR) is 104 cm³/mol. The summed E-state index contributed by atoms with van der Waals surface area (Å²) in [5.74, 6) is -0.393. The summed E-state index contributed by atoms with van der Waals surface area (Å²) >= 11 is 0. The second kappa shape index (κ2) is 12.3. The van der Waals surface area contributed by atoms with Crippen molar-refractivity contribution in [3.05, 3.63) is 0 Å². The van der Waals surface area contributed by atoms with Gasteiger partial charge in [0.1, 0.15) is 6.04 Å². The van der Waals surface area contributed by atoms with E-state index >= 15 is 0 Å². The molecule has 0 spiro atoms. The average molecular weight is 361 g/mol. The first-order valence-electron chi connectivity index (χ1n) is 9.01. The molecule has 5 nitrogen and oxygen atoms in total. The molecule has 2 atom stereocenters. The van der Waals surface area contributed by atoms with Gasteiger partial charge in [-0.15, -0.1) is 0 Å². The van der Waals surface area contributed by atoms with Gasteiger partial charge in [-0.2, -0.15) is 10.9 Å². The molecule has 6 heteroatoms. The smallest absolute Gasteiger partial charge is 0.243 e. The van der Waals surface area contributed by atoms with Crippen LogP contribution in [0.3, 0.4) is 0 Å². The van der Waals surface area contributed by atoms with Crippen molar-refractivity contribution in [3.8, 4) is 0 Å². The minimum absolute atomic E-state index is 0.0268. The van der Waals surface area contributed by atoms with Gasteiger partial charge in [-0.05, 0) is 31.8 Å². The Bertz CT molecular complexity index is 411. The summed E-state index contributed by atoms with van der Waals surface area (Å²) in [5, 5.41) is 5.63. The second-order valence-electron chi connectivity index (χ2n) is 6.92. The lowest BCUT2D eigenvalue weighted by atomic mass is 10.0. The zero-order chi connectivity index (χ0) is 18.7. The lowest BCUT2D eigenvalue weighted by Gasteiger charge is -2.24. The molecule has 0 fully saturated rings. The van der Waals surface area contributed by atoms with Crippen LogP contribution in [-0.2, 0) is 14.4 Å². The van der Waals surface area contributed by atoms with E-state index in [4.69, 9.17) is 0 Å².